The summed E-state index contributed by atoms with van der Waals surface area (Å²) in [5, 5.41) is 19.4. The first-order valence-electron chi connectivity index (χ1n) is 16.9. The van der Waals surface area contributed by atoms with Crippen molar-refractivity contribution in [1.29, 1.82) is 5.26 Å². The Morgan fingerprint density at radius 2 is 1.75 bits per heavy atom. The fourth-order valence-electron chi connectivity index (χ4n) is 7.76. The first-order chi connectivity index (χ1) is 24.8. The minimum absolute atomic E-state index is 0.0881. The summed E-state index contributed by atoms with van der Waals surface area (Å²) in [6.45, 7) is 5.20. The van der Waals surface area contributed by atoms with Gasteiger partial charge < -0.3 is 19.0 Å². The van der Waals surface area contributed by atoms with Crippen LogP contribution >= 0.6 is 0 Å². The molecule has 14 heteroatoms. The zero-order chi connectivity index (χ0) is 35.8. The van der Waals surface area contributed by atoms with Crippen molar-refractivity contribution in [3.63, 3.8) is 0 Å². The van der Waals surface area contributed by atoms with Crippen LogP contribution in [0.5, 0.6) is 11.5 Å². The maximum atomic E-state index is 15.5. The number of oxazole rings is 1. The standard InChI is InChI=1S/C37H40N6O7S/c1-48-28-7-9-29(10-8-28)51(46,47)43-32-12-6-26(24-38)22-31(32)37(36(43)45,42-14-3-4-33(42)35-39-13-21-50-35)30-11-5-27(23-34(30)49-2)25-41-17-15-40(16-18-41)19-20-44/h5-13,21-23,33,44H,3-4,14-20,25H2,1-2H3/t33-,37?/m0/s1. The van der Waals surface area contributed by atoms with Crippen molar-refractivity contribution in [3.8, 4) is 17.6 Å². The van der Waals surface area contributed by atoms with Crippen molar-refractivity contribution in [1.82, 2.24) is 19.7 Å². The first kappa shape index (κ1) is 34.7. The molecule has 3 aliphatic rings. The molecule has 2 atom stereocenters. The van der Waals surface area contributed by atoms with Crippen molar-refractivity contribution in [2.45, 2.75) is 35.9 Å². The molecular formula is C37H40N6O7S. The number of nitriles is 1. The molecule has 7 rings (SSSR count). The fraction of sp³-hybridized carbons (Fsp3) is 0.378. The van der Waals surface area contributed by atoms with Crippen LogP contribution in [0.1, 0.15) is 47.0 Å². The number of anilines is 1. The van der Waals surface area contributed by atoms with Gasteiger partial charge in [-0.25, -0.2) is 17.7 Å². The summed E-state index contributed by atoms with van der Waals surface area (Å²) in [5.41, 5.74) is 0.460. The Kier molecular flexibility index (Phi) is 9.58. The van der Waals surface area contributed by atoms with Gasteiger partial charge in [0.1, 0.15) is 17.8 Å². The highest BCUT2D eigenvalue weighted by Crippen LogP contribution is 2.56. The van der Waals surface area contributed by atoms with Crippen molar-refractivity contribution < 1.29 is 32.2 Å². The summed E-state index contributed by atoms with van der Waals surface area (Å²) >= 11 is 0. The van der Waals surface area contributed by atoms with Crippen LogP contribution < -0.4 is 13.8 Å². The van der Waals surface area contributed by atoms with Crippen molar-refractivity contribution in [2.75, 3.05) is 64.4 Å². The number of aromatic nitrogens is 1. The Balaban J connectivity index is 1.40. The Morgan fingerprint density at radius 3 is 2.41 bits per heavy atom. The lowest BCUT2D eigenvalue weighted by atomic mass is 9.80. The van der Waals surface area contributed by atoms with Gasteiger partial charge in [0.05, 0.1) is 55.3 Å². The smallest absolute Gasteiger partial charge is 0.271 e. The van der Waals surface area contributed by atoms with Crippen LogP contribution in [0.4, 0.5) is 5.69 Å². The van der Waals surface area contributed by atoms with E-state index >= 15 is 4.79 Å². The predicted molar refractivity (Wildman–Crippen MR) is 187 cm³/mol. The van der Waals surface area contributed by atoms with Gasteiger partial charge in [0, 0.05) is 56.9 Å². The number of sulfonamides is 1. The topological polar surface area (TPSA) is 153 Å². The Morgan fingerprint density at radius 1 is 0.980 bits per heavy atom. The van der Waals surface area contributed by atoms with Crippen molar-refractivity contribution >= 4 is 21.6 Å². The van der Waals surface area contributed by atoms with Gasteiger partial charge in [0.15, 0.2) is 5.54 Å². The highest BCUT2D eigenvalue weighted by molar-refractivity contribution is 7.93. The molecular weight excluding hydrogens is 673 g/mol. The van der Waals surface area contributed by atoms with Crippen LogP contribution in [0.3, 0.4) is 0 Å². The van der Waals surface area contributed by atoms with E-state index in [0.717, 1.165) is 36.0 Å². The van der Waals surface area contributed by atoms with Crippen LogP contribution in [-0.2, 0) is 26.9 Å². The molecule has 0 radical (unpaired) electrons. The molecule has 4 heterocycles. The number of likely N-dealkylation sites (tertiary alicyclic amines) is 1. The van der Waals surface area contributed by atoms with Crippen LogP contribution in [0, 0.1) is 11.3 Å². The molecule has 0 saturated carbocycles. The van der Waals surface area contributed by atoms with Gasteiger partial charge >= 0.3 is 0 Å². The summed E-state index contributed by atoms with van der Waals surface area (Å²) in [7, 11) is -1.44. The van der Waals surface area contributed by atoms with Gasteiger partial charge in [-0.05, 0) is 66.9 Å². The number of β-amino-alcohol motifs (C(OH)–C–C–N with tert-alkyl or cyclic N) is 1. The number of aliphatic hydroxyl groups is 1. The number of nitrogens with zero attached hydrogens (tertiary/aromatic N) is 6. The van der Waals surface area contributed by atoms with Gasteiger partial charge in [-0.1, -0.05) is 12.1 Å². The average molecular weight is 713 g/mol. The number of hydrogen-bond donors (Lipinski definition) is 1. The zero-order valence-corrected chi connectivity index (χ0v) is 29.4. The van der Waals surface area contributed by atoms with E-state index in [1.54, 1.807) is 12.3 Å². The lowest BCUT2D eigenvalue weighted by Crippen LogP contribution is -2.54. The minimum Gasteiger partial charge on any atom is -0.497 e. The second kappa shape index (κ2) is 14.1. The van der Waals surface area contributed by atoms with Crippen molar-refractivity contribution in [3.05, 3.63) is 101 Å². The average Bonchev–Trinajstić information content (AvgIpc) is 3.91. The van der Waals surface area contributed by atoms with Gasteiger partial charge in [0.2, 0.25) is 5.89 Å². The lowest BCUT2D eigenvalue weighted by molar-refractivity contribution is -0.127. The molecule has 0 bridgehead atoms. The van der Waals surface area contributed by atoms with Crippen LogP contribution in [0.25, 0.3) is 0 Å². The third-order valence-electron chi connectivity index (χ3n) is 10.2. The minimum atomic E-state index is -4.47. The number of rotatable bonds is 11. The summed E-state index contributed by atoms with van der Waals surface area (Å²) in [4.78, 5) is 26.4. The van der Waals surface area contributed by atoms with E-state index in [2.05, 4.69) is 20.9 Å². The number of hydrogen-bond acceptors (Lipinski definition) is 12. The number of piperazine rings is 1. The number of carbonyl (C=O) groups is 1. The third-order valence-corrected chi connectivity index (χ3v) is 11.9. The Labute approximate surface area is 297 Å². The van der Waals surface area contributed by atoms with Crippen LogP contribution in [0.15, 0.2) is 82.4 Å². The van der Waals surface area contributed by atoms with E-state index in [9.17, 15) is 18.8 Å². The molecule has 3 aliphatic heterocycles. The Bertz CT molecular complexity index is 2040. The molecule has 266 valence electrons. The molecule has 1 amide bonds. The number of methoxy groups -OCH3 is 2. The van der Waals surface area contributed by atoms with Gasteiger partial charge in [-0.3, -0.25) is 19.5 Å². The van der Waals surface area contributed by atoms with Crippen molar-refractivity contribution in [2.24, 2.45) is 0 Å². The lowest BCUT2D eigenvalue weighted by Gasteiger charge is -2.41. The summed E-state index contributed by atoms with van der Waals surface area (Å²) in [6.07, 6.45) is 4.33. The SMILES string of the molecule is COc1ccc(S(=O)(=O)N2C(=O)C(c3ccc(CN4CCN(CCO)CC4)cc3OC)(N3CCC[C@H]3c3ncco3)c3cc(C#N)ccc32)cc1. The number of benzene rings is 3. The van der Waals surface area contributed by atoms with E-state index in [1.165, 1.54) is 56.9 Å². The van der Waals surface area contributed by atoms with Gasteiger partial charge in [-0.2, -0.15) is 5.26 Å². The molecule has 0 aliphatic carbocycles. The van der Waals surface area contributed by atoms with E-state index in [0.29, 0.717) is 61.0 Å². The summed E-state index contributed by atoms with van der Waals surface area (Å²) in [6, 6.07) is 18.0. The maximum absolute atomic E-state index is 15.5. The molecule has 4 aromatic rings. The summed E-state index contributed by atoms with van der Waals surface area (Å²) in [5.74, 6) is 0.575. The number of amides is 1. The van der Waals surface area contributed by atoms with Gasteiger partial charge in [0.25, 0.3) is 15.9 Å². The molecule has 2 fully saturated rings. The molecule has 1 unspecified atom stereocenters. The molecule has 0 spiro atoms. The second-order valence-electron chi connectivity index (χ2n) is 12.9. The summed E-state index contributed by atoms with van der Waals surface area (Å²) < 4.78 is 47.2. The van der Waals surface area contributed by atoms with Crippen LogP contribution in [0.2, 0.25) is 0 Å². The zero-order valence-electron chi connectivity index (χ0n) is 28.6. The van der Waals surface area contributed by atoms with E-state index in [4.69, 9.17) is 13.9 Å². The fourth-order valence-corrected chi connectivity index (χ4v) is 9.22. The van der Waals surface area contributed by atoms with E-state index < -0.39 is 27.5 Å². The normalized spacial score (nSPS) is 21.5. The second-order valence-corrected chi connectivity index (χ2v) is 14.7. The number of carbonyl (C=O) groups excluding carboxylic acids is 1. The molecule has 13 nitrogen and oxygen atoms in total. The molecule has 1 aromatic heterocycles. The number of aliphatic hydroxyl groups excluding tert-OH is 1. The van der Waals surface area contributed by atoms with E-state index in [1.807, 2.05) is 23.1 Å². The predicted octanol–water partition coefficient (Wildman–Crippen LogP) is 3.49. The molecule has 1 N–H and O–H groups in total. The Hall–Kier alpha value is -4.78. The largest absolute Gasteiger partial charge is 0.497 e. The molecule has 3 aromatic carbocycles. The van der Waals surface area contributed by atoms with Crippen LogP contribution in [-0.4, -0.2) is 99.2 Å². The monoisotopic (exact) mass is 712 g/mol. The highest BCUT2D eigenvalue weighted by Gasteiger charge is 2.62. The molecule has 2 saturated heterocycles. The third kappa shape index (κ3) is 5.94. The van der Waals surface area contributed by atoms with Gasteiger partial charge in [-0.15, -0.1) is 0 Å². The first-order valence-corrected chi connectivity index (χ1v) is 18.4. The number of fused-ring (bicyclic) bond motifs is 1. The number of ether oxygens (including phenoxy) is 2. The molecule has 51 heavy (non-hydrogen) atoms. The highest BCUT2D eigenvalue weighted by atomic mass is 32.2. The quantitative estimate of drug-likeness (QED) is 0.242. The van der Waals surface area contributed by atoms with E-state index in [-0.39, 0.29) is 22.8 Å². The maximum Gasteiger partial charge on any atom is 0.271 e.